The van der Waals surface area contributed by atoms with E-state index in [1.54, 1.807) is 26.2 Å². The number of methoxy groups -OCH3 is 1. The number of oxazole rings is 1. The Morgan fingerprint density at radius 2 is 2.04 bits per heavy atom. The molecule has 1 aromatic carbocycles. The molecule has 0 saturated heterocycles. The number of hydrogen-bond acceptors (Lipinski definition) is 6. The zero-order chi connectivity index (χ0) is 16.2. The molecule has 23 heavy (non-hydrogen) atoms. The summed E-state index contributed by atoms with van der Waals surface area (Å²) in [5.41, 5.74) is 1.92. The smallest absolute Gasteiger partial charge is 0.312 e. The number of aromatic nitrogens is 1. The Balaban J connectivity index is 1.77. The van der Waals surface area contributed by atoms with Crippen molar-refractivity contribution >= 4 is 5.71 Å². The summed E-state index contributed by atoms with van der Waals surface area (Å²) in [6, 6.07) is 11.1. The van der Waals surface area contributed by atoms with E-state index in [0.29, 0.717) is 23.7 Å². The number of hydrogen-bond donors (Lipinski definition) is 1. The van der Waals surface area contributed by atoms with Gasteiger partial charge >= 0.3 is 5.95 Å². The van der Waals surface area contributed by atoms with Crippen LogP contribution in [0.3, 0.4) is 0 Å². The minimum Gasteiger partial charge on any atom is -0.497 e. The van der Waals surface area contributed by atoms with Crippen molar-refractivity contribution < 1.29 is 18.7 Å². The normalized spacial score (nSPS) is 11.7. The first-order valence-electron chi connectivity index (χ1n) is 7.05. The van der Waals surface area contributed by atoms with Crippen LogP contribution in [0.5, 0.6) is 11.7 Å². The quantitative estimate of drug-likeness (QED) is 0.727. The van der Waals surface area contributed by atoms with Crippen LogP contribution in [-0.4, -0.2) is 22.9 Å². The Kier molecular flexibility index (Phi) is 4.14. The molecule has 0 bridgehead atoms. The average Bonchev–Trinajstić information content (AvgIpc) is 3.22. The molecule has 0 spiro atoms. The van der Waals surface area contributed by atoms with Gasteiger partial charge in [0.05, 0.1) is 25.6 Å². The van der Waals surface area contributed by atoms with Gasteiger partial charge < -0.3 is 18.7 Å². The summed E-state index contributed by atoms with van der Waals surface area (Å²) in [4.78, 5) is 8.67. The van der Waals surface area contributed by atoms with Gasteiger partial charge in [0, 0.05) is 0 Å². The third-order valence-electron chi connectivity index (χ3n) is 3.34. The van der Waals surface area contributed by atoms with E-state index in [2.05, 4.69) is 9.98 Å². The Morgan fingerprint density at radius 1 is 1.26 bits per heavy atom. The molecule has 0 fully saturated rings. The van der Waals surface area contributed by atoms with Crippen LogP contribution < -0.4 is 4.74 Å². The SMILES string of the molecule is COc1ccc(CN=C(C)c2nc(-c3ccco3)oc2O)cc1. The van der Waals surface area contributed by atoms with Crippen LogP contribution in [0.4, 0.5) is 0 Å². The molecule has 0 aliphatic carbocycles. The Hall–Kier alpha value is -3.02. The van der Waals surface area contributed by atoms with Crippen molar-refractivity contribution in [3.05, 3.63) is 53.9 Å². The summed E-state index contributed by atoms with van der Waals surface area (Å²) in [6.07, 6.45) is 1.51. The maximum Gasteiger partial charge on any atom is 0.312 e. The second-order valence-corrected chi connectivity index (χ2v) is 4.90. The molecule has 0 aliphatic heterocycles. The Bertz CT molecular complexity index is 802. The van der Waals surface area contributed by atoms with Crippen LogP contribution in [-0.2, 0) is 6.54 Å². The molecular formula is C17H16N2O4. The highest BCUT2D eigenvalue weighted by molar-refractivity contribution is 5.99. The predicted molar refractivity (Wildman–Crippen MR) is 84.8 cm³/mol. The van der Waals surface area contributed by atoms with Gasteiger partial charge in [-0.3, -0.25) is 4.99 Å². The van der Waals surface area contributed by atoms with Gasteiger partial charge in [-0.05, 0) is 36.8 Å². The third-order valence-corrected chi connectivity index (χ3v) is 3.34. The maximum atomic E-state index is 9.90. The molecule has 3 rings (SSSR count). The van der Waals surface area contributed by atoms with Crippen molar-refractivity contribution in [3.63, 3.8) is 0 Å². The van der Waals surface area contributed by atoms with E-state index in [-0.39, 0.29) is 11.8 Å². The number of furan rings is 1. The van der Waals surface area contributed by atoms with E-state index in [0.717, 1.165) is 11.3 Å². The molecule has 0 atom stereocenters. The molecule has 0 unspecified atom stereocenters. The number of nitrogens with zero attached hydrogens (tertiary/aromatic N) is 2. The number of benzene rings is 1. The van der Waals surface area contributed by atoms with Crippen molar-refractivity contribution in [2.75, 3.05) is 7.11 Å². The average molecular weight is 312 g/mol. The van der Waals surface area contributed by atoms with Gasteiger partial charge in [0.2, 0.25) is 0 Å². The lowest BCUT2D eigenvalue weighted by Gasteiger charge is -2.01. The van der Waals surface area contributed by atoms with E-state index in [1.165, 1.54) is 6.26 Å². The fourth-order valence-electron chi connectivity index (χ4n) is 2.07. The highest BCUT2D eigenvalue weighted by Crippen LogP contribution is 2.27. The number of aromatic hydroxyl groups is 1. The van der Waals surface area contributed by atoms with Crippen LogP contribution in [0.25, 0.3) is 11.7 Å². The summed E-state index contributed by atoms with van der Waals surface area (Å²) in [7, 11) is 1.63. The lowest BCUT2D eigenvalue weighted by Crippen LogP contribution is -1.97. The second-order valence-electron chi connectivity index (χ2n) is 4.90. The summed E-state index contributed by atoms with van der Waals surface area (Å²) < 4.78 is 15.5. The lowest BCUT2D eigenvalue weighted by atomic mass is 10.2. The molecule has 118 valence electrons. The van der Waals surface area contributed by atoms with E-state index in [9.17, 15) is 5.11 Å². The van der Waals surface area contributed by atoms with Crippen molar-refractivity contribution in [3.8, 4) is 23.3 Å². The largest absolute Gasteiger partial charge is 0.497 e. The first-order chi connectivity index (χ1) is 11.2. The van der Waals surface area contributed by atoms with Crippen LogP contribution in [0.15, 0.2) is 56.5 Å². The zero-order valence-corrected chi connectivity index (χ0v) is 12.8. The second kappa shape index (κ2) is 6.39. The molecule has 3 aromatic rings. The van der Waals surface area contributed by atoms with Crippen LogP contribution in [0.1, 0.15) is 18.2 Å². The van der Waals surface area contributed by atoms with E-state index in [4.69, 9.17) is 13.6 Å². The molecule has 0 amide bonds. The summed E-state index contributed by atoms with van der Waals surface area (Å²) in [6.45, 7) is 2.24. The summed E-state index contributed by atoms with van der Waals surface area (Å²) >= 11 is 0. The van der Waals surface area contributed by atoms with Crippen LogP contribution in [0.2, 0.25) is 0 Å². The van der Waals surface area contributed by atoms with Gasteiger partial charge in [-0.2, -0.15) is 0 Å². The number of rotatable bonds is 5. The molecule has 0 saturated carbocycles. The van der Waals surface area contributed by atoms with Crippen molar-refractivity contribution in [2.45, 2.75) is 13.5 Å². The van der Waals surface area contributed by atoms with E-state index < -0.39 is 0 Å². The first kappa shape index (κ1) is 14.9. The molecule has 0 radical (unpaired) electrons. The minimum atomic E-state index is -0.271. The highest BCUT2D eigenvalue weighted by atomic mass is 16.5. The topological polar surface area (TPSA) is 81.0 Å². The van der Waals surface area contributed by atoms with Gasteiger partial charge in [-0.1, -0.05) is 12.1 Å². The molecule has 1 N–H and O–H groups in total. The van der Waals surface area contributed by atoms with E-state index >= 15 is 0 Å². The molecule has 2 aromatic heterocycles. The third kappa shape index (κ3) is 3.26. The monoisotopic (exact) mass is 312 g/mol. The first-order valence-corrected chi connectivity index (χ1v) is 7.05. The molecule has 6 heteroatoms. The Morgan fingerprint density at radius 3 is 2.70 bits per heavy atom. The number of ether oxygens (including phenoxy) is 1. The van der Waals surface area contributed by atoms with Crippen molar-refractivity contribution in [2.24, 2.45) is 4.99 Å². The summed E-state index contributed by atoms with van der Waals surface area (Å²) in [5.74, 6) is 1.20. The van der Waals surface area contributed by atoms with Crippen LogP contribution >= 0.6 is 0 Å². The molecular weight excluding hydrogens is 296 g/mol. The zero-order valence-electron chi connectivity index (χ0n) is 12.8. The Labute approximate surface area is 133 Å². The number of aliphatic imine (C=N–C) groups is 1. The molecule has 6 nitrogen and oxygen atoms in total. The van der Waals surface area contributed by atoms with Gasteiger partial charge in [0.25, 0.3) is 5.89 Å². The van der Waals surface area contributed by atoms with Gasteiger partial charge in [-0.15, -0.1) is 0 Å². The standard InChI is InChI=1S/C17H16N2O4/c1-11(18-10-12-5-7-13(21-2)8-6-12)15-17(20)23-16(19-15)14-4-3-9-22-14/h3-9,20H,10H2,1-2H3. The fourth-order valence-corrected chi connectivity index (χ4v) is 2.07. The molecule has 0 aliphatic rings. The van der Waals surface area contributed by atoms with Crippen molar-refractivity contribution in [1.29, 1.82) is 0 Å². The van der Waals surface area contributed by atoms with Gasteiger partial charge in [0.1, 0.15) is 5.75 Å². The van der Waals surface area contributed by atoms with Gasteiger partial charge in [0.15, 0.2) is 11.5 Å². The molecule has 2 heterocycles. The lowest BCUT2D eigenvalue weighted by molar-refractivity contribution is 0.333. The van der Waals surface area contributed by atoms with Crippen LogP contribution in [0, 0.1) is 0 Å². The van der Waals surface area contributed by atoms with Gasteiger partial charge in [-0.25, -0.2) is 4.98 Å². The fraction of sp³-hybridized carbons (Fsp3) is 0.176. The van der Waals surface area contributed by atoms with E-state index in [1.807, 2.05) is 24.3 Å². The maximum absolute atomic E-state index is 9.90. The highest BCUT2D eigenvalue weighted by Gasteiger charge is 2.17. The van der Waals surface area contributed by atoms with Crippen molar-refractivity contribution in [1.82, 2.24) is 4.98 Å². The minimum absolute atomic E-state index is 0.224. The predicted octanol–water partition coefficient (Wildman–Crippen LogP) is 3.66. The summed E-state index contributed by atoms with van der Waals surface area (Å²) in [5, 5.41) is 9.90.